The van der Waals surface area contributed by atoms with Crippen LogP contribution in [0.4, 0.5) is 4.39 Å². The summed E-state index contributed by atoms with van der Waals surface area (Å²) in [5.41, 5.74) is 1.83. The maximum Gasteiger partial charge on any atom is 0.414 e. The summed E-state index contributed by atoms with van der Waals surface area (Å²) >= 11 is 0. The zero-order valence-corrected chi connectivity index (χ0v) is 19.0. The number of rotatable bonds is 4. The van der Waals surface area contributed by atoms with Crippen molar-refractivity contribution in [2.75, 3.05) is 39.3 Å². The van der Waals surface area contributed by atoms with Crippen molar-refractivity contribution in [2.24, 2.45) is 0 Å². The first-order chi connectivity index (χ1) is 16.3. The van der Waals surface area contributed by atoms with Crippen LogP contribution in [0, 0.1) is 5.82 Å². The maximum atomic E-state index is 13.4. The van der Waals surface area contributed by atoms with Crippen LogP contribution in [0.5, 0.6) is 0 Å². The number of hydrogen-bond donors (Lipinski definition) is 2. The van der Waals surface area contributed by atoms with Gasteiger partial charge in [0.15, 0.2) is 0 Å². The fourth-order valence-corrected chi connectivity index (χ4v) is 4.38. The number of piperazine rings is 1. The molecule has 0 radical (unpaired) electrons. The van der Waals surface area contributed by atoms with Gasteiger partial charge in [-0.05, 0) is 49.7 Å². The molecule has 4 rings (SSSR count). The lowest BCUT2D eigenvalue weighted by Crippen LogP contribution is -2.54. The van der Waals surface area contributed by atoms with E-state index in [0.717, 1.165) is 45.8 Å². The largest absolute Gasteiger partial charge is 0.473 e. The topological polar surface area (TPSA) is 101 Å². The van der Waals surface area contributed by atoms with E-state index in [2.05, 4.69) is 40.1 Å². The smallest absolute Gasteiger partial charge is 0.414 e. The molecule has 0 atom stereocenters. The number of aliphatic carboxylic acids is 2. The Bertz CT molecular complexity index is 960. The third-order valence-electron chi connectivity index (χ3n) is 6.18. The number of nitrogens with zero attached hydrogens (tertiary/aromatic N) is 3. The molecule has 2 aromatic rings. The fourth-order valence-electron chi connectivity index (χ4n) is 4.38. The molecule has 0 aromatic heterocycles. The second-order valence-corrected chi connectivity index (χ2v) is 8.44. The molecule has 2 N–H and O–H groups in total. The lowest BCUT2D eigenvalue weighted by Gasteiger charge is -2.42. The van der Waals surface area contributed by atoms with Crippen molar-refractivity contribution >= 4 is 17.8 Å². The summed E-state index contributed by atoms with van der Waals surface area (Å²) in [5, 5.41) is 14.8. The van der Waals surface area contributed by atoms with Gasteiger partial charge in [-0.1, -0.05) is 36.4 Å². The Labute approximate surface area is 198 Å². The van der Waals surface area contributed by atoms with Crippen LogP contribution >= 0.6 is 0 Å². The molecule has 2 aromatic carbocycles. The van der Waals surface area contributed by atoms with Crippen molar-refractivity contribution in [3.63, 3.8) is 0 Å². The number of likely N-dealkylation sites (tertiary alicyclic amines) is 1. The molecule has 182 valence electrons. The number of hydrogen-bond acceptors (Lipinski definition) is 5. The average molecular weight is 472 g/mol. The number of carbonyl (C=O) groups is 3. The summed E-state index contributed by atoms with van der Waals surface area (Å²) in [7, 11) is 0. The SMILES string of the molecule is O=C(O)C(=O)O.O=C(c1cccc(F)c1)N1CCN(C2CCN(Cc3ccccc3)CC2)CC1. The first-order valence-corrected chi connectivity index (χ1v) is 11.3. The molecule has 8 nitrogen and oxygen atoms in total. The van der Waals surface area contributed by atoms with Gasteiger partial charge in [-0.25, -0.2) is 14.0 Å². The van der Waals surface area contributed by atoms with Crippen LogP contribution in [0.2, 0.25) is 0 Å². The molecule has 9 heteroatoms. The van der Waals surface area contributed by atoms with E-state index in [4.69, 9.17) is 19.8 Å². The highest BCUT2D eigenvalue weighted by Gasteiger charge is 2.29. The lowest BCUT2D eigenvalue weighted by atomic mass is 10.0. The number of carboxylic acid groups (broad SMARTS) is 2. The van der Waals surface area contributed by atoms with Gasteiger partial charge in [0.2, 0.25) is 0 Å². The molecule has 2 aliphatic heterocycles. The minimum Gasteiger partial charge on any atom is -0.473 e. The molecule has 0 bridgehead atoms. The van der Waals surface area contributed by atoms with Crippen molar-refractivity contribution < 1.29 is 29.0 Å². The van der Waals surface area contributed by atoms with Gasteiger partial charge in [0.1, 0.15) is 5.82 Å². The monoisotopic (exact) mass is 471 g/mol. The molecule has 1 amide bonds. The van der Waals surface area contributed by atoms with Gasteiger partial charge in [0.25, 0.3) is 5.91 Å². The quantitative estimate of drug-likeness (QED) is 0.661. The van der Waals surface area contributed by atoms with Crippen LogP contribution in [0.25, 0.3) is 0 Å². The Kier molecular flexibility index (Phi) is 9.12. The highest BCUT2D eigenvalue weighted by Crippen LogP contribution is 2.20. The summed E-state index contributed by atoms with van der Waals surface area (Å²) in [4.78, 5) is 37.7. The first kappa shape index (κ1) is 25.3. The van der Waals surface area contributed by atoms with E-state index in [-0.39, 0.29) is 11.7 Å². The summed E-state index contributed by atoms with van der Waals surface area (Å²) in [6.45, 7) is 6.54. The third-order valence-corrected chi connectivity index (χ3v) is 6.18. The van der Waals surface area contributed by atoms with E-state index in [0.29, 0.717) is 11.6 Å². The summed E-state index contributed by atoms with van der Waals surface area (Å²) in [6, 6.07) is 17.3. The van der Waals surface area contributed by atoms with Gasteiger partial charge in [0.05, 0.1) is 0 Å². The number of carbonyl (C=O) groups excluding carboxylic acids is 1. The van der Waals surface area contributed by atoms with E-state index in [1.165, 1.54) is 30.5 Å². The molecule has 34 heavy (non-hydrogen) atoms. The van der Waals surface area contributed by atoms with Crippen molar-refractivity contribution in [1.29, 1.82) is 0 Å². The minimum absolute atomic E-state index is 0.0585. The zero-order chi connectivity index (χ0) is 24.5. The highest BCUT2D eigenvalue weighted by atomic mass is 19.1. The van der Waals surface area contributed by atoms with Crippen molar-refractivity contribution in [3.05, 3.63) is 71.5 Å². The number of piperidine rings is 1. The average Bonchev–Trinajstić information content (AvgIpc) is 2.85. The van der Waals surface area contributed by atoms with Gasteiger partial charge in [-0.3, -0.25) is 14.6 Å². The molecule has 2 heterocycles. The molecule has 2 saturated heterocycles. The zero-order valence-electron chi connectivity index (χ0n) is 19.0. The van der Waals surface area contributed by atoms with E-state index in [1.54, 1.807) is 12.1 Å². The van der Waals surface area contributed by atoms with Crippen LogP contribution in [-0.4, -0.2) is 88.1 Å². The summed E-state index contributed by atoms with van der Waals surface area (Å²) in [5.74, 6) is -4.06. The first-order valence-electron chi connectivity index (χ1n) is 11.3. The molecule has 0 unspecified atom stereocenters. The van der Waals surface area contributed by atoms with E-state index in [9.17, 15) is 9.18 Å². The molecular weight excluding hydrogens is 441 g/mol. The number of carboxylic acids is 2. The molecule has 2 aliphatic rings. The second kappa shape index (κ2) is 12.2. The Hall–Kier alpha value is -3.30. The van der Waals surface area contributed by atoms with Crippen LogP contribution in [0.1, 0.15) is 28.8 Å². The van der Waals surface area contributed by atoms with Crippen molar-refractivity contribution in [2.45, 2.75) is 25.4 Å². The van der Waals surface area contributed by atoms with Crippen molar-refractivity contribution in [3.8, 4) is 0 Å². The summed E-state index contributed by atoms with van der Waals surface area (Å²) in [6.07, 6.45) is 2.37. The fraction of sp³-hybridized carbons (Fsp3) is 0.400. The molecule has 0 aliphatic carbocycles. The van der Waals surface area contributed by atoms with Crippen molar-refractivity contribution in [1.82, 2.24) is 14.7 Å². The Morgan fingerprint density at radius 1 is 0.824 bits per heavy atom. The number of halogens is 1. The summed E-state index contributed by atoms with van der Waals surface area (Å²) < 4.78 is 13.4. The Morgan fingerprint density at radius 2 is 1.44 bits per heavy atom. The van der Waals surface area contributed by atoms with Crippen LogP contribution < -0.4 is 0 Å². The molecular formula is C25H30FN3O5. The number of amides is 1. The Morgan fingerprint density at radius 3 is 2.00 bits per heavy atom. The lowest BCUT2D eigenvalue weighted by molar-refractivity contribution is -0.159. The maximum absolute atomic E-state index is 13.4. The van der Waals surface area contributed by atoms with Gasteiger partial charge in [-0.15, -0.1) is 0 Å². The molecule has 0 saturated carbocycles. The number of benzene rings is 2. The predicted octanol–water partition coefficient (Wildman–Crippen LogP) is 2.40. The highest BCUT2D eigenvalue weighted by molar-refractivity contribution is 6.27. The van der Waals surface area contributed by atoms with E-state index in [1.807, 2.05) is 4.90 Å². The van der Waals surface area contributed by atoms with Crippen LogP contribution in [0.15, 0.2) is 54.6 Å². The van der Waals surface area contributed by atoms with Crippen LogP contribution in [-0.2, 0) is 16.1 Å². The molecule has 2 fully saturated rings. The van der Waals surface area contributed by atoms with E-state index < -0.39 is 11.9 Å². The normalized spacial score (nSPS) is 17.5. The third kappa shape index (κ3) is 7.36. The van der Waals surface area contributed by atoms with Gasteiger partial charge in [0, 0.05) is 44.3 Å². The minimum atomic E-state index is -1.82. The van der Waals surface area contributed by atoms with Gasteiger partial charge in [-0.2, -0.15) is 0 Å². The second-order valence-electron chi connectivity index (χ2n) is 8.44. The molecule has 0 spiro atoms. The van der Waals surface area contributed by atoms with Crippen LogP contribution in [0.3, 0.4) is 0 Å². The Balaban J connectivity index is 0.000000481. The van der Waals surface area contributed by atoms with Gasteiger partial charge < -0.3 is 15.1 Å². The predicted molar refractivity (Wildman–Crippen MR) is 124 cm³/mol. The van der Waals surface area contributed by atoms with Gasteiger partial charge >= 0.3 is 11.9 Å². The standard InChI is InChI=1S/C23H28FN3O.C2H2O4/c24-21-8-4-7-20(17-21)23(28)27-15-13-26(14-16-27)22-9-11-25(12-10-22)18-19-5-2-1-3-6-19;3-1(4)2(5)6/h1-8,17,22H,9-16,18H2;(H,3,4)(H,5,6). The van der Waals surface area contributed by atoms with E-state index >= 15 is 0 Å².